The predicted octanol–water partition coefficient (Wildman–Crippen LogP) is 2.50. The molecule has 2 N–H and O–H groups in total. The SMILES string of the molecule is Cc1cn[nH]c1NC(=O)Cc1ccc(OC(F)F)cc1. The summed E-state index contributed by atoms with van der Waals surface area (Å²) in [5.74, 6) is 0.390. The van der Waals surface area contributed by atoms with Gasteiger partial charge in [-0.2, -0.15) is 13.9 Å². The highest BCUT2D eigenvalue weighted by Gasteiger charge is 2.08. The van der Waals surface area contributed by atoms with Crippen LogP contribution in [0.15, 0.2) is 30.5 Å². The van der Waals surface area contributed by atoms with Gasteiger partial charge in [0.15, 0.2) is 0 Å². The Labute approximate surface area is 114 Å². The first-order valence-corrected chi connectivity index (χ1v) is 5.88. The molecule has 1 amide bonds. The molecule has 0 fully saturated rings. The Bertz CT molecular complexity index is 582. The first-order valence-electron chi connectivity index (χ1n) is 5.88. The number of nitrogens with zero attached hydrogens (tertiary/aromatic N) is 1. The molecule has 0 aliphatic rings. The molecule has 0 spiro atoms. The third-order valence-corrected chi connectivity index (χ3v) is 2.61. The lowest BCUT2D eigenvalue weighted by atomic mass is 10.1. The van der Waals surface area contributed by atoms with Crippen molar-refractivity contribution in [2.24, 2.45) is 0 Å². The molecule has 1 aromatic carbocycles. The zero-order valence-corrected chi connectivity index (χ0v) is 10.7. The predicted molar refractivity (Wildman–Crippen MR) is 68.7 cm³/mol. The highest BCUT2D eigenvalue weighted by atomic mass is 19.3. The number of aromatic amines is 1. The summed E-state index contributed by atoms with van der Waals surface area (Å²) in [6, 6.07) is 5.93. The molecule has 5 nitrogen and oxygen atoms in total. The van der Waals surface area contributed by atoms with Crippen molar-refractivity contribution in [3.63, 3.8) is 0 Å². The largest absolute Gasteiger partial charge is 0.435 e. The Hall–Kier alpha value is -2.44. The van der Waals surface area contributed by atoms with Crippen LogP contribution in [0.5, 0.6) is 5.75 Å². The molecular weight excluding hydrogens is 268 g/mol. The van der Waals surface area contributed by atoms with Gasteiger partial charge in [-0.1, -0.05) is 12.1 Å². The second-order valence-electron chi connectivity index (χ2n) is 4.18. The summed E-state index contributed by atoms with van der Waals surface area (Å²) in [5, 5.41) is 9.14. The van der Waals surface area contributed by atoms with Crippen molar-refractivity contribution in [1.29, 1.82) is 0 Å². The summed E-state index contributed by atoms with van der Waals surface area (Å²) < 4.78 is 28.2. The van der Waals surface area contributed by atoms with Gasteiger partial charge >= 0.3 is 6.61 Å². The van der Waals surface area contributed by atoms with E-state index in [1.807, 2.05) is 6.92 Å². The summed E-state index contributed by atoms with van der Waals surface area (Å²) >= 11 is 0. The van der Waals surface area contributed by atoms with Crippen LogP contribution in [0, 0.1) is 6.92 Å². The topological polar surface area (TPSA) is 67.0 Å². The van der Waals surface area contributed by atoms with Gasteiger partial charge in [0.25, 0.3) is 0 Å². The van der Waals surface area contributed by atoms with E-state index in [0.717, 1.165) is 5.56 Å². The number of aryl methyl sites for hydroxylation is 1. The van der Waals surface area contributed by atoms with Gasteiger partial charge in [-0.3, -0.25) is 9.89 Å². The molecule has 0 unspecified atom stereocenters. The number of nitrogens with one attached hydrogen (secondary N) is 2. The first kappa shape index (κ1) is 14.0. The quantitative estimate of drug-likeness (QED) is 0.884. The maximum atomic E-state index is 12.0. The van der Waals surface area contributed by atoms with Gasteiger partial charge in [-0.15, -0.1) is 0 Å². The zero-order valence-electron chi connectivity index (χ0n) is 10.7. The number of hydrogen-bond acceptors (Lipinski definition) is 3. The van der Waals surface area contributed by atoms with Crippen molar-refractivity contribution in [2.45, 2.75) is 20.0 Å². The van der Waals surface area contributed by atoms with E-state index in [1.165, 1.54) is 12.1 Å². The van der Waals surface area contributed by atoms with Gasteiger partial charge in [0, 0.05) is 5.56 Å². The highest BCUT2D eigenvalue weighted by molar-refractivity contribution is 5.91. The molecule has 0 bridgehead atoms. The minimum absolute atomic E-state index is 0.0635. The third kappa shape index (κ3) is 3.78. The first-order chi connectivity index (χ1) is 9.54. The van der Waals surface area contributed by atoms with Crippen LogP contribution in [0.3, 0.4) is 0 Å². The number of H-pyrrole nitrogens is 1. The lowest BCUT2D eigenvalue weighted by Gasteiger charge is -2.06. The molecule has 0 radical (unpaired) electrons. The van der Waals surface area contributed by atoms with E-state index >= 15 is 0 Å². The molecule has 0 saturated carbocycles. The molecule has 7 heteroatoms. The average Bonchev–Trinajstić information content (AvgIpc) is 2.77. The average molecular weight is 281 g/mol. The fourth-order valence-corrected chi connectivity index (χ4v) is 1.63. The van der Waals surface area contributed by atoms with Gasteiger partial charge in [0.05, 0.1) is 12.6 Å². The molecule has 1 aromatic heterocycles. The Morgan fingerprint density at radius 3 is 2.65 bits per heavy atom. The van der Waals surface area contributed by atoms with Crippen molar-refractivity contribution in [2.75, 3.05) is 5.32 Å². The maximum absolute atomic E-state index is 12.0. The number of hydrogen-bond donors (Lipinski definition) is 2. The van der Waals surface area contributed by atoms with E-state index < -0.39 is 6.61 Å². The molecule has 0 atom stereocenters. The number of alkyl halides is 2. The van der Waals surface area contributed by atoms with E-state index in [2.05, 4.69) is 20.3 Å². The van der Waals surface area contributed by atoms with Gasteiger partial charge in [-0.25, -0.2) is 0 Å². The maximum Gasteiger partial charge on any atom is 0.387 e. The molecule has 106 valence electrons. The molecule has 20 heavy (non-hydrogen) atoms. The fourth-order valence-electron chi connectivity index (χ4n) is 1.63. The molecule has 0 aliphatic heterocycles. The number of halogens is 2. The molecule has 0 saturated heterocycles. The second-order valence-corrected chi connectivity index (χ2v) is 4.18. The number of rotatable bonds is 5. The smallest absolute Gasteiger partial charge is 0.387 e. The lowest BCUT2D eigenvalue weighted by molar-refractivity contribution is -0.115. The highest BCUT2D eigenvalue weighted by Crippen LogP contribution is 2.16. The van der Waals surface area contributed by atoms with Gasteiger partial charge < -0.3 is 10.1 Å². The number of anilines is 1. The van der Waals surface area contributed by atoms with Crippen molar-refractivity contribution in [1.82, 2.24) is 10.2 Å². The Balaban J connectivity index is 1.93. The Morgan fingerprint density at radius 1 is 1.40 bits per heavy atom. The molecular formula is C13H13F2N3O2. The van der Waals surface area contributed by atoms with E-state index in [1.54, 1.807) is 18.3 Å². The second kappa shape index (κ2) is 6.14. The normalized spacial score (nSPS) is 10.6. The molecule has 1 heterocycles. The van der Waals surface area contributed by atoms with Crippen LogP contribution in [0.25, 0.3) is 0 Å². The zero-order chi connectivity index (χ0) is 14.5. The number of benzene rings is 1. The summed E-state index contributed by atoms with van der Waals surface area (Å²) in [6.45, 7) is -1.04. The van der Waals surface area contributed by atoms with Crippen LogP contribution in [0.4, 0.5) is 14.6 Å². The van der Waals surface area contributed by atoms with Crippen LogP contribution in [0.1, 0.15) is 11.1 Å². The summed E-state index contributed by atoms with van der Waals surface area (Å²) in [4.78, 5) is 11.8. The molecule has 2 rings (SSSR count). The van der Waals surface area contributed by atoms with Crippen LogP contribution in [-0.2, 0) is 11.2 Å². The van der Waals surface area contributed by atoms with Crippen LogP contribution in [-0.4, -0.2) is 22.7 Å². The van der Waals surface area contributed by atoms with E-state index in [4.69, 9.17) is 0 Å². The van der Waals surface area contributed by atoms with Crippen molar-refractivity contribution >= 4 is 11.7 Å². The number of amides is 1. The van der Waals surface area contributed by atoms with Crippen LogP contribution >= 0.6 is 0 Å². The number of carbonyl (C=O) groups is 1. The number of ether oxygens (including phenoxy) is 1. The standard InChI is InChI=1S/C13H13F2N3O2/c1-8-7-16-18-12(8)17-11(19)6-9-2-4-10(5-3-9)20-13(14)15/h2-5,7,13H,6H2,1H3,(H2,16,17,18,19). The van der Waals surface area contributed by atoms with Crippen LogP contribution in [0.2, 0.25) is 0 Å². The molecule has 2 aromatic rings. The fraction of sp³-hybridized carbons (Fsp3) is 0.231. The summed E-state index contributed by atoms with van der Waals surface area (Å²) in [7, 11) is 0. The number of carbonyl (C=O) groups excluding carboxylic acids is 1. The van der Waals surface area contributed by atoms with E-state index in [0.29, 0.717) is 11.4 Å². The number of aromatic nitrogens is 2. The monoisotopic (exact) mass is 281 g/mol. The van der Waals surface area contributed by atoms with Crippen LogP contribution < -0.4 is 10.1 Å². The minimum atomic E-state index is -2.85. The minimum Gasteiger partial charge on any atom is -0.435 e. The lowest BCUT2D eigenvalue weighted by Crippen LogP contribution is -2.15. The third-order valence-electron chi connectivity index (χ3n) is 2.61. The summed E-state index contributed by atoms with van der Waals surface area (Å²) in [6.07, 6.45) is 1.74. The summed E-state index contributed by atoms with van der Waals surface area (Å²) in [5.41, 5.74) is 1.53. The Kier molecular flexibility index (Phi) is 4.29. The van der Waals surface area contributed by atoms with E-state index in [-0.39, 0.29) is 18.1 Å². The van der Waals surface area contributed by atoms with Gasteiger partial charge in [0.1, 0.15) is 11.6 Å². The molecule has 0 aliphatic carbocycles. The van der Waals surface area contributed by atoms with Crippen molar-refractivity contribution in [3.8, 4) is 5.75 Å². The Morgan fingerprint density at radius 2 is 2.10 bits per heavy atom. The van der Waals surface area contributed by atoms with Crippen molar-refractivity contribution < 1.29 is 18.3 Å². The van der Waals surface area contributed by atoms with E-state index in [9.17, 15) is 13.6 Å². The van der Waals surface area contributed by atoms with Crippen molar-refractivity contribution in [3.05, 3.63) is 41.6 Å². The van der Waals surface area contributed by atoms with Gasteiger partial charge in [0.2, 0.25) is 5.91 Å². The van der Waals surface area contributed by atoms with Gasteiger partial charge in [-0.05, 0) is 24.6 Å².